The minimum Gasteiger partial charge on any atom is -0.439 e. The summed E-state index contributed by atoms with van der Waals surface area (Å²) in [6.45, 7) is 6.62. The molecular weight excluding hydrogens is 504 g/mol. The quantitative estimate of drug-likeness (QED) is 0.239. The van der Waals surface area contributed by atoms with Gasteiger partial charge in [0.25, 0.3) is 0 Å². The van der Waals surface area contributed by atoms with Gasteiger partial charge in [-0.3, -0.25) is 9.40 Å². The fourth-order valence-corrected chi connectivity index (χ4v) is 6.11. The summed E-state index contributed by atoms with van der Waals surface area (Å²) in [4.78, 5) is 13.4. The molecule has 2 aromatic heterocycles. The summed E-state index contributed by atoms with van der Waals surface area (Å²) < 4.78 is 11.7. The molecule has 3 heterocycles. The number of likely N-dealkylation sites (tertiary alicyclic amines) is 1. The molecule has 1 aliphatic heterocycles. The first kappa shape index (κ1) is 25.9. The van der Waals surface area contributed by atoms with Gasteiger partial charge in [0.15, 0.2) is 0 Å². The first-order valence-corrected chi connectivity index (χ1v) is 14.6. The minimum absolute atomic E-state index is 0.410. The summed E-state index contributed by atoms with van der Waals surface area (Å²) in [7, 11) is 4.12. The molecule has 0 bridgehead atoms. The lowest BCUT2D eigenvalue weighted by atomic mass is 9.90. The van der Waals surface area contributed by atoms with Crippen LogP contribution in [-0.2, 0) is 7.05 Å². The van der Waals surface area contributed by atoms with E-state index in [0.29, 0.717) is 23.7 Å². The van der Waals surface area contributed by atoms with Crippen LogP contribution < -0.4 is 9.46 Å². The monoisotopic (exact) mass is 540 g/mol. The second kappa shape index (κ2) is 11.0. The van der Waals surface area contributed by atoms with Crippen LogP contribution in [0.15, 0.2) is 59.8 Å². The molecule has 39 heavy (non-hydrogen) atoms. The predicted molar refractivity (Wildman–Crippen MR) is 158 cm³/mol. The Bertz CT molecular complexity index is 1430. The molecule has 8 heteroatoms. The highest BCUT2D eigenvalue weighted by Gasteiger charge is 2.33. The molecular formula is C31H36N6OS. The molecule has 1 N–H and O–H groups in total. The first-order valence-electron chi connectivity index (χ1n) is 13.8. The molecule has 1 saturated carbocycles. The molecule has 2 fully saturated rings. The topological polar surface area (TPSA) is 68.1 Å². The molecule has 2 aliphatic rings. The molecule has 0 unspecified atom stereocenters. The standard InChI is InChI=1S/C31H36N6OS/c1-20-6-5-7-21(2)27(20)29-28(24-8-9-24)30(34-31(33-29)35-39-26-18-32-37(4)19-26)38-25-12-10-22(11-13-25)23-14-16-36(3)17-15-23/h5-7,10-13,18-19,23-24H,8-9,14-17H2,1-4H3,(H,33,34,35). The van der Waals surface area contributed by atoms with Gasteiger partial charge >= 0.3 is 0 Å². The van der Waals surface area contributed by atoms with Crippen LogP contribution in [0.3, 0.4) is 0 Å². The number of aromatic nitrogens is 4. The Kier molecular flexibility index (Phi) is 7.32. The molecule has 1 aliphatic carbocycles. The van der Waals surface area contributed by atoms with Crippen molar-refractivity contribution >= 4 is 17.9 Å². The van der Waals surface area contributed by atoms with E-state index >= 15 is 0 Å². The molecule has 2 aromatic carbocycles. The molecule has 6 rings (SSSR count). The number of aryl methyl sites for hydroxylation is 3. The van der Waals surface area contributed by atoms with Crippen molar-refractivity contribution < 1.29 is 4.74 Å². The van der Waals surface area contributed by atoms with Crippen LogP contribution in [0.5, 0.6) is 11.6 Å². The Labute approximate surface area is 235 Å². The number of ether oxygens (including phenoxy) is 1. The second-order valence-corrected chi connectivity index (χ2v) is 11.8. The fourth-order valence-electron chi connectivity index (χ4n) is 5.51. The van der Waals surface area contributed by atoms with E-state index in [-0.39, 0.29) is 0 Å². The molecule has 7 nitrogen and oxygen atoms in total. The van der Waals surface area contributed by atoms with Gasteiger partial charge in [0.05, 0.1) is 16.8 Å². The average Bonchev–Trinajstić information content (AvgIpc) is 3.68. The Balaban J connectivity index is 1.35. The number of nitrogens with zero attached hydrogens (tertiary/aromatic N) is 5. The lowest BCUT2D eigenvalue weighted by molar-refractivity contribution is 0.255. The van der Waals surface area contributed by atoms with E-state index in [2.05, 4.69) is 78.1 Å². The molecule has 1 saturated heterocycles. The maximum Gasteiger partial charge on any atom is 0.237 e. The van der Waals surface area contributed by atoms with E-state index in [4.69, 9.17) is 14.7 Å². The van der Waals surface area contributed by atoms with Crippen LogP contribution in [0.4, 0.5) is 5.95 Å². The summed E-state index contributed by atoms with van der Waals surface area (Å²) in [6.07, 6.45) is 8.46. The highest BCUT2D eigenvalue weighted by atomic mass is 32.2. The van der Waals surface area contributed by atoms with Crippen LogP contribution in [0.25, 0.3) is 11.3 Å². The Morgan fingerprint density at radius 1 is 0.897 bits per heavy atom. The van der Waals surface area contributed by atoms with Gasteiger partial charge in [-0.05, 0) is 112 Å². The van der Waals surface area contributed by atoms with Gasteiger partial charge in [0.2, 0.25) is 11.8 Å². The van der Waals surface area contributed by atoms with Crippen molar-refractivity contribution in [3.63, 3.8) is 0 Å². The van der Waals surface area contributed by atoms with Crippen molar-refractivity contribution in [1.29, 1.82) is 0 Å². The van der Waals surface area contributed by atoms with Crippen molar-refractivity contribution in [2.75, 3.05) is 24.9 Å². The summed E-state index contributed by atoms with van der Waals surface area (Å²) in [5.41, 5.74) is 7.05. The number of hydrogen-bond donors (Lipinski definition) is 1. The Morgan fingerprint density at radius 2 is 1.62 bits per heavy atom. The highest BCUT2D eigenvalue weighted by molar-refractivity contribution is 8.00. The van der Waals surface area contributed by atoms with Crippen molar-refractivity contribution in [2.45, 2.75) is 56.3 Å². The van der Waals surface area contributed by atoms with Gasteiger partial charge in [0, 0.05) is 24.4 Å². The molecule has 0 atom stereocenters. The lowest BCUT2D eigenvalue weighted by Gasteiger charge is -2.29. The third-order valence-electron chi connectivity index (χ3n) is 7.84. The van der Waals surface area contributed by atoms with E-state index in [0.717, 1.165) is 47.8 Å². The maximum atomic E-state index is 6.58. The fraction of sp³-hybridized carbons (Fsp3) is 0.387. The summed E-state index contributed by atoms with van der Waals surface area (Å²) in [5, 5.41) is 4.27. The second-order valence-electron chi connectivity index (χ2n) is 11.0. The zero-order valence-electron chi connectivity index (χ0n) is 23.1. The Morgan fingerprint density at radius 3 is 2.26 bits per heavy atom. The van der Waals surface area contributed by atoms with Crippen molar-refractivity contribution in [2.24, 2.45) is 7.05 Å². The van der Waals surface area contributed by atoms with E-state index in [1.54, 1.807) is 4.68 Å². The maximum absolute atomic E-state index is 6.58. The van der Waals surface area contributed by atoms with Crippen LogP contribution >= 0.6 is 11.9 Å². The average molecular weight is 541 g/mol. The third kappa shape index (κ3) is 5.82. The number of hydrogen-bond acceptors (Lipinski definition) is 7. The number of anilines is 1. The number of benzene rings is 2. The van der Waals surface area contributed by atoms with Crippen LogP contribution in [0, 0.1) is 13.8 Å². The summed E-state index contributed by atoms with van der Waals surface area (Å²) >= 11 is 1.45. The third-order valence-corrected chi connectivity index (χ3v) is 8.57. The zero-order chi connectivity index (χ0) is 26.9. The number of rotatable bonds is 8. The van der Waals surface area contributed by atoms with Gasteiger partial charge in [-0.15, -0.1) is 0 Å². The summed E-state index contributed by atoms with van der Waals surface area (Å²) in [5.74, 6) is 3.01. The first-order chi connectivity index (χ1) is 18.9. The summed E-state index contributed by atoms with van der Waals surface area (Å²) in [6, 6.07) is 15.1. The van der Waals surface area contributed by atoms with Crippen molar-refractivity contribution in [3.05, 3.63) is 77.1 Å². The largest absolute Gasteiger partial charge is 0.439 e. The zero-order valence-corrected chi connectivity index (χ0v) is 24.0. The minimum atomic E-state index is 0.410. The van der Waals surface area contributed by atoms with Crippen LogP contribution in [-0.4, -0.2) is 44.8 Å². The van der Waals surface area contributed by atoms with Crippen LogP contribution in [0.2, 0.25) is 0 Å². The smallest absolute Gasteiger partial charge is 0.237 e. The van der Waals surface area contributed by atoms with Crippen LogP contribution in [0.1, 0.15) is 59.8 Å². The van der Waals surface area contributed by atoms with Gasteiger partial charge in [-0.1, -0.05) is 30.3 Å². The van der Waals surface area contributed by atoms with Gasteiger partial charge < -0.3 is 9.64 Å². The normalized spacial score (nSPS) is 16.4. The predicted octanol–water partition coefficient (Wildman–Crippen LogP) is 7.09. The van der Waals surface area contributed by atoms with Gasteiger partial charge in [-0.25, -0.2) is 4.98 Å². The van der Waals surface area contributed by atoms with Gasteiger partial charge in [-0.2, -0.15) is 10.1 Å². The molecule has 4 aromatic rings. The molecule has 0 spiro atoms. The van der Waals surface area contributed by atoms with E-state index in [1.807, 2.05) is 19.4 Å². The molecule has 0 amide bonds. The lowest BCUT2D eigenvalue weighted by Crippen LogP contribution is -2.29. The van der Waals surface area contributed by atoms with Crippen molar-refractivity contribution in [3.8, 4) is 22.9 Å². The highest BCUT2D eigenvalue weighted by Crippen LogP contribution is 2.49. The Hall–Kier alpha value is -3.36. The van der Waals surface area contributed by atoms with Crippen molar-refractivity contribution in [1.82, 2.24) is 24.6 Å². The molecule has 202 valence electrons. The number of nitrogens with one attached hydrogen (secondary N) is 1. The van der Waals surface area contributed by atoms with Gasteiger partial charge in [0.1, 0.15) is 5.75 Å². The SMILES string of the molecule is Cc1cccc(C)c1-c1nc(NSc2cnn(C)c2)nc(Oc2ccc(C3CCN(C)CC3)cc2)c1C1CC1. The molecule has 0 radical (unpaired) electrons. The van der Waals surface area contributed by atoms with E-state index in [9.17, 15) is 0 Å². The number of piperidine rings is 1. The van der Waals surface area contributed by atoms with E-state index < -0.39 is 0 Å². The van der Waals surface area contributed by atoms with E-state index in [1.165, 1.54) is 47.0 Å².